The quantitative estimate of drug-likeness (QED) is 0.396. The monoisotopic (exact) mass is 534 g/mol. The molecule has 0 radical (unpaired) electrons. The molecule has 0 aromatic heterocycles. The number of carboxylic acids is 1. The molecular formula is C29H46N2O7. The smallest absolute Gasteiger partial charge is 0.308 e. The molecule has 1 N–H and O–H groups in total. The third-order valence-electron chi connectivity index (χ3n) is 7.75. The molecule has 3 aliphatic heterocycles. The largest absolute Gasteiger partial charge is 0.481 e. The summed E-state index contributed by atoms with van der Waals surface area (Å²) in [6.07, 6.45) is 5.94. The minimum Gasteiger partial charge on any atom is -0.481 e. The van der Waals surface area contributed by atoms with E-state index in [0.29, 0.717) is 37.7 Å². The van der Waals surface area contributed by atoms with Gasteiger partial charge in [-0.1, -0.05) is 46.6 Å². The van der Waals surface area contributed by atoms with E-state index in [0.717, 1.165) is 50.7 Å². The first kappa shape index (κ1) is 30.2. The molecule has 0 aliphatic carbocycles. The zero-order valence-electron chi connectivity index (χ0n) is 23.7. The molecule has 1 aromatic rings. The number of carbonyl (C=O) groups is 2. The Balaban J connectivity index is 0.000000310. The number of carboxylic acid groups (broad SMARTS) is 1. The van der Waals surface area contributed by atoms with Crippen molar-refractivity contribution in [2.45, 2.75) is 78.0 Å². The molecule has 9 nitrogen and oxygen atoms in total. The molecular weight excluding hydrogens is 488 g/mol. The summed E-state index contributed by atoms with van der Waals surface area (Å²) in [5.74, 6) is 0.0290. The summed E-state index contributed by atoms with van der Waals surface area (Å²) < 4.78 is 22.3. The van der Waals surface area contributed by atoms with Crippen molar-refractivity contribution in [3.63, 3.8) is 0 Å². The number of ether oxygens (including phenoxy) is 4. The highest BCUT2D eigenvalue weighted by Crippen LogP contribution is 2.45. The first-order valence-corrected chi connectivity index (χ1v) is 14.0. The van der Waals surface area contributed by atoms with Gasteiger partial charge in [0.05, 0.1) is 19.1 Å². The second-order valence-corrected chi connectivity index (χ2v) is 11.2. The number of benzene rings is 1. The number of likely N-dealkylation sites (tertiary alicyclic amines) is 1. The molecule has 1 aromatic carbocycles. The van der Waals surface area contributed by atoms with Crippen molar-refractivity contribution in [2.75, 3.05) is 46.7 Å². The summed E-state index contributed by atoms with van der Waals surface area (Å²) >= 11 is 0. The van der Waals surface area contributed by atoms with E-state index in [9.17, 15) is 14.7 Å². The molecule has 0 saturated carbocycles. The van der Waals surface area contributed by atoms with Gasteiger partial charge in [-0.15, -0.1) is 0 Å². The van der Waals surface area contributed by atoms with E-state index in [1.54, 1.807) is 0 Å². The minimum absolute atomic E-state index is 0.0966. The molecule has 38 heavy (non-hydrogen) atoms. The van der Waals surface area contributed by atoms with Gasteiger partial charge in [0.2, 0.25) is 13.2 Å². The summed E-state index contributed by atoms with van der Waals surface area (Å²) in [6, 6.07) is 5.65. The highest BCUT2D eigenvalue weighted by atomic mass is 16.7. The van der Waals surface area contributed by atoms with Crippen LogP contribution < -0.4 is 9.47 Å². The second kappa shape index (κ2) is 14.1. The van der Waals surface area contributed by atoms with Crippen molar-refractivity contribution in [1.29, 1.82) is 0 Å². The number of aliphatic carboxylic acids is 1. The third kappa shape index (κ3) is 7.61. The van der Waals surface area contributed by atoms with Crippen molar-refractivity contribution < 1.29 is 33.6 Å². The molecule has 3 unspecified atom stereocenters. The lowest BCUT2D eigenvalue weighted by atomic mass is 9.77. The van der Waals surface area contributed by atoms with Gasteiger partial charge in [-0.05, 0) is 44.0 Å². The summed E-state index contributed by atoms with van der Waals surface area (Å²) in [7, 11) is 2.00. The molecule has 2 fully saturated rings. The van der Waals surface area contributed by atoms with Gasteiger partial charge in [0.15, 0.2) is 17.8 Å². The molecule has 0 spiro atoms. The fraction of sp³-hybridized carbons (Fsp3) is 0.724. The van der Waals surface area contributed by atoms with Crippen molar-refractivity contribution >= 4 is 12.4 Å². The zero-order valence-corrected chi connectivity index (χ0v) is 23.7. The first-order valence-electron chi connectivity index (χ1n) is 14.0. The molecule has 0 bridgehead atoms. The third-order valence-corrected chi connectivity index (χ3v) is 7.75. The summed E-state index contributed by atoms with van der Waals surface area (Å²) in [5, 5.41) is 10.0. The van der Waals surface area contributed by atoms with Gasteiger partial charge >= 0.3 is 5.97 Å². The summed E-state index contributed by atoms with van der Waals surface area (Å²) in [5.41, 5.74) is 0.708. The zero-order chi connectivity index (χ0) is 27.7. The van der Waals surface area contributed by atoms with Gasteiger partial charge < -0.3 is 33.9 Å². The van der Waals surface area contributed by atoms with Crippen LogP contribution in [0.4, 0.5) is 0 Å². The van der Waals surface area contributed by atoms with Crippen LogP contribution in [-0.2, 0) is 19.1 Å². The molecule has 3 aliphatic rings. The fourth-order valence-electron chi connectivity index (χ4n) is 5.56. The Morgan fingerprint density at radius 3 is 2.32 bits per heavy atom. The number of rotatable bonds is 12. The van der Waals surface area contributed by atoms with Crippen LogP contribution in [0.3, 0.4) is 0 Å². The number of nitrogens with zero attached hydrogens (tertiary/aromatic N) is 2. The van der Waals surface area contributed by atoms with Gasteiger partial charge in [-0.3, -0.25) is 9.59 Å². The number of hydrogen-bond acceptors (Lipinski definition) is 7. The van der Waals surface area contributed by atoms with Gasteiger partial charge in [-0.2, -0.15) is 0 Å². The SMILES string of the molecule is CCCCN(C=O)CCCC.CN1CC(c2ccc3c(c2)OCO3)C(C(=O)O)C1CC(C)(C)C1OCCO1. The maximum absolute atomic E-state index is 12.2. The summed E-state index contributed by atoms with van der Waals surface area (Å²) in [4.78, 5) is 26.7. The Morgan fingerprint density at radius 1 is 1.11 bits per heavy atom. The Morgan fingerprint density at radius 2 is 1.74 bits per heavy atom. The lowest BCUT2D eigenvalue weighted by Crippen LogP contribution is -2.41. The van der Waals surface area contributed by atoms with E-state index in [1.165, 1.54) is 0 Å². The molecule has 4 rings (SSSR count). The maximum atomic E-state index is 12.2. The molecule has 3 heterocycles. The van der Waals surface area contributed by atoms with Crippen LogP contribution in [0.15, 0.2) is 18.2 Å². The van der Waals surface area contributed by atoms with Crippen LogP contribution in [0.25, 0.3) is 0 Å². The van der Waals surface area contributed by atoms with Gasteiger partial charge in [0.25, 0.3) is 0 Å². The molecule has 3 atom stereocenters. The highest BCUT2D eigenvalue weighted by Gasteiger charge is 2.49. The normalized spacial score (nSPS) is 23.2. The number of fused-ring (bicyclic) bond motifs is 1. The molecule has 214 valence electrons. The van der Waals surface area contributed by atoms with E-state index in [1.807, 2.05) is 30.1 Å². The standard InChI is InChI=1S/C20H27NO6.C9H19NO/c1-20(2,19-24-6-7-25-19)9-14-17(18(22)23)13(10-21(14)3)12-4-5-15-16(8-12)27-11-26-15;1-3-5-7-10(9-11)8-6-4-2/h4-5,8,13-14,17,19H,6-7,9-11H2,1-3H3,(H,22,23);9H,3-8H2,1-2H3. The van der Waals surface area contributed by atoms with E-state index >= 15 is 0 Å². The Hall–Kier alpha value is -2.36. The Kier molecular flexibility index (Phi) is 11.2. The number of amides is 1. The minimum atomic E-state index is -0.768. The Bertz CT molecular complexity index is 895. The molecule has 1 amide bonds. The topological polar surface area (TPSA) is 97.8 Å². The van der Waals surface area contributed by atoms with Crippen LogP contribution in [0.5, 0.6) is 11.5 Å². The fourth-order valence-corrected chi connectivity index (χ4v) is 5.56. The lowest BCUT2D eigenvalue weighted by Gasteiger charge is -2.35. The van der Waals surface area contributed by atoms with E-state index < -0.39 is 11.9 Å². The maximum Gasteiger partial charge on any atom is 0.308 e. The predicted octanol–water partition coefficient (Wildman–Crippen LogP) is 4.35. The second-order valence-electron chi connectivity index (χ2n) is 11.2. The van der Waals surface area contributed by atoms with Gasteiger partial charge in [0.1, 0.15) is 0 Å². The summed E-state index contributed by atoms with van der Waals surface area (Å²) in [6.45, 7) is 12.4. The number of hydrogen-bond donors (Lipinski definition) is 1. The van der Waals surface area contributed by atoms with Crippen molar-refractivity contribution in [1.82, 2.24) is 9.80 Å². The average molecular weight is 535 g/mol. The number of likely N-dealkylation sites (N-methyl/N-ethyl adjacent to an activating group) is 1. The van der Waals surface area contributed by atoms with E-state index in [4.69, 9.17) is 18.9 Å². The van der Waals surface area contributed by atoms with Crippen molar-refractivity contribution in [3.8, 4) is 11.5 Å². The van der Waals surface area contributed by atoms with E-state index in [2.05, 4.69) is 32.6 Å². The first-order chi connectivity index (χ1) is 18.2. The van der Waals surface area contributed by atoms with Crippen LogP contribution in [0, 0.1) is 11.3 Å². The Labute approximate surface area is 227 Å². The van der Waals surface area contributed by atoms with Crippen molar-refractivity contribution in [3.05, 3.63) is 23.8 Å². The molecule has 9 heteroatoms. The number of unbranched alkanes of at least 4 members (excludes halogenated alkanes) is 2. The van der Waals surface area contributed by atoms with Crippen LogP contribution >= 0.6 is 0 Å². The van der Waals surface area contributed by atoms with Crippen molar-refractivity contribution in [2.24, 2.45) is 11.3 Å². The predicted molar refractivity (Wildman–Crippen MR) is 144 cm³/mol. The number of carbonyl (C=O) groups excluding carboxylic acids is 1. The van der Waals surface area contributed by atoms with E-state index in [-0.39, 0.29) is 30.5 Å². The lowest BCUT2D eigenvalue weighted by molar-refractivity contribution is -0.146. The highest BCUT2D eigenvalue weighted by molar-refractivity contribution is 5.73. The van der Waals surface area contributed by atoms with Gasteiger partial charge in [0, 0.05) is 37.0 Å². The molecule has 2 saturated heterocycles. The van der Waals surface area contributed by atoms with Gasteiger partial charge in [-0.25, -0.2) is 0 Å². The van der Waals surface area contributed by atoms with Crippen LogP contribution in [0.1, 0.15) is 71.3 Å². The average Bonchev–Trinajstić information content (AvgIpc) is 3.65. The van der Waals surface area contributed by atoms with Crippen LogP contribution in [0.2, 0.25) is 0 Å². The van der Waals surface area contributed by atoms with Crippen LogP contribution in [-0.4, -0.2) is 86.3 Å².